The van der Waals surface area contributed by atoms with Gasteiger partial charge in [-0.25, -0.2) is 4.39 Å². The van der Waals surface area contributed by atoms with E-state index in [2.05, 4.69) is 10.6 Å². The van der Waals surface area contributed by atoms with Crippen molar-refractivity contribution in [3.05, 3.63) is 65.6 Å². The number of carbonyl (C=O) groups is 1. The summed E-state index contributed by atoms with van der Waals surface area (Å²) in [5, 5.41) is 14.7. The number of hydrogen-bond donors (Lipinski definition) is 2. The van der Waals surface area contributed by atoms with Gasteiger partial charge in [0, 0.05) is 18.8 Å². The molecule has 0 aliphatic rings. The van der Waals surface area contributed by atoms with Gasteiger partial charge in [0.1, 0.15) is 29.0 Å². The summed E-state index contributed by atoms with van der Waals surface area (Å²) in [5.74, 6) is 0.0969. The summed E-state index contributed by atoms with van der Waals surface area (Å²) in [6.45, 7) is 0.377. The van der Waals surface area contributed by atoms with Gasteiger partial charge < -0.3 is 20.1 Å². The Bertz CT molecular complexity index is 875. The van der Waals surface area contributed by atoms with E-state index in [4.69, 9.17) is 9.47 Å². The Balaban J connectivity index is 2.00. The summed E-state index contributed by atoms with van der Waals surface area (Å²) in [6.07, 6.45) is 1.73. The lowest BCUT2D eigenvalue weighted by Gasteiger charge is -2.11. The van der Waals surface area contributed by atoms with Crippen molar-refractivity contribution in [3.63, 3.8) is 0 Å². The molecule has 0 saturated heterocycles. The van der Waals surface area contributed by atoms with Crippen molar-refractivity contribution in [1.82, 2.24) is 5.32 Å². The average molecular weight is 369 g/mol. The predicted octanol–water partition coefficient (Wildman–Crippen LogP) is 3.02. The number of hydrogen-bond acceptors (Lipinski definition) is 5. The SMILES string of the molecule is COc1ccc(OC)c(NC(=O)/C(C#N)=C\NCCc2ccccc2F)c1. The normalized spacial score (nSPS) is 10.7. The van der Waals surface area contributed by atoms with Gasteiger partial charge in [-0.15, -0.1) is 0 Å². The van der Waals surface area contributed by atoms with Crippen LogP contribution < -0.4 is 20.1 Å². The van der Waals surface area contributed by atoms with E-state index in [9.17, 15) is 14.4 Å². The molecule has 140 valence electrons. The number of halogens is 1. The quantitative estimate of drug-likeness (QED) is 0.425. The number of carbonyl (C=O) groups excluding carboxylic acids is 1. The maximum Gasteiger partial charge on any atom is 0.267 e. The van der Waals surface area contributed by atoms with Gasteiger partial charge in [-0.1, -0.05) is 18.2 Å². The van der Waals surface area contributed by atoms with Crippen LogP contribution in [0.1, 0.15) is 5.56 Å². The van der Waals surface area contributed by atoms with Gasteiger partial charge in [0.15, 0.2) is 0 Å². The van der Waals surface area contributed by atoms with Crippen molar-refractivity contribution in [2.24, 2.45) is 0 Å². The van der Waals surface area contributed by atoms with E-state index in [-0.39, 0.29) is 11.4 Å². The summed E-state index contributed by atoms with van der Waals surface area (Å²) in [6, 6.07) is 13.2. The van der Waals surface area contributed by atoms with Crippen LogP contribution in [-0.2, 0) is 11.2 Å². The molecule has 0 heterocycles. The summed E-state index contributed by atoms with van der Waals surface area (Å²) >= 11 is 0. The van der Waals surface area contributed by atoms with Crippen LogP contribution in [-0.4, -0.2) is 26.7 Å². The van der Waals surface area contributed by atoms with Crippen LogP contribution in [0.25, 0.3) is 0 Å². The van der Waals surface area contributed by atoms with Crippen LogP contribution in [0.4, 0.5) is 10.1 Å². The Morgan fingerprint density at radius 1 is 1.22 bits per heavy atom. The zero-order valence-corrected chi connectivity index (χ0v) is 15.1. The van der Waals surface area contributed by atoms with Gasteiger partial charge in [-0.05, 0) is 30.2 Å². The lowest BCUT2D eigenvalue weighted by Crippen LogP contribution is -2.18. The number of benzene rings is 2. The lowest BCUT2D eigenvalue weighted by atomic mass is 10.1. The molecule has 2 rings (SSSR count). The topological polar surface area (TPSA) is 83.4 Å². The molecule has 2 aromatic rings. The molecule has 2 N–H and O–H groups in total. The third kappa shape index (κ3) is 5.47. The van der Waals surface area contributed by atoms with Crippen molar-refractivity contribution >= 4 is 11.6 Å². The Morgan fingerprint density at radius 2 is 2.00 bits per heavy atom. The monoisotopic (exact) mass is 369 g/mol. The van der Waals surface area contributed by atoms with E-state index in [0.717, 1.165) is 0 Å². The first-order valence-electron chi connectivity index (χ1n) is 8.19. The molecular weight excluding hydrogens is 349 g/mol. The molecule has 0 bridgehead atoms. The van der Waals surface area contributed by atoms with Crippen molar-refractivity contribution in [2.45, 2.75) is 6.42 Å². The second kappa shape index (κ2) is 9.82. The van der Waals surface area contributed by atoms with Crippen molar-refractivity contribution in [1.29, 1.82) is 5.26 Å². The van der Waals surface area contributed by atoms with Crippen LogP contribution >= 0.6 is 0 Å². The standard InChI is InChI=1S/C20H20FN3O3/c1-26-16-7-8-19(27-2)18(11-16)24-20(25)15(12-22)13-23-10-9-14-5-3-4-6-17(14)21/h3-8,11,13,23H,9-10H2,1-2H3,(H,24,25)/b15-13-. The summed E-state index contributed by atoms with van der Waals surface area (Å²) in [5.41, 5.74) is 0.824. The molecular formula is C20H20FN3O3. The molecule has 27 heavy (non-hydrogen) atoms. The third-order valence-electron chi connectivity index (χ3n) is 3.76. The summed E-state index contributed by atoms with van der Waals surface area (Å²) < 4.78 is 23.9. The van der Waals surface area contributed by atoms with E-state index in [1.165, 1.54) is 26.5 Å². The van der Waals surface area contributed by atoms with Crippen LogP contribution in [0.5, 0.6) is 11.5 Å². The number of rotatable bonds is 8. The molecule has 6 nitrogen and oxygen atoms in total. The van der Waals surface area contributed by atoms with Crippen LogP contribution in [0.2, 0.25) is 0 Å². The molecule has 0 unspecified atom stereocenters. The maximum absolute atomic E-state index is 13.6. The zero-order chi connectivity index (χ0) is 19.6. The number of nitriles is 1. The molecule has 0 aromatic heterocycles. The largest absolute Gasteiger partial charge is 0.497 e. The number of amides is 1. The lowest BCUT2D eigenvalue weighted by molar-refractivity contribution is -0.112. The minimum absolute atomic E-state index is 0.117. The van der Waals surface area contributed by atoms with Gasteiger partial charge >= 0.3 is 0 Å². The smallest absolute Gasteiger partial charge is 0.267 e. The Morgan fingerprint density at radius 3 is 2.67 bits per heavy atom. The fraction of sp³-hybridized carbons (Fsp3) is 0.200. The molecule has 2 aromatic carbocycles. The first kappa shape index (κ1) is 19.8. The number of nitrogens with one attached hydrogen (secondary N) is 2. The van der Waals surface area contributed by atoms with Crippen LogP contribution in [0, 0.1) is 17.1 Å². The molecule has 0 aliphatic heterocycles. The van der Waals surface area contributed by atoms with E-state index in [0.29, 0.717) is 35.7 Å². The molecule has 0 saturated carbocycles. The third-order valence-corrected chi connectivity index (χ3v) is 3.76. The van der Waals surface area contributed by atoms with Gasteiger partial charge in [0.25, 0.3) is 5.91 Å². The minimum atomic E-state index is -0.595. The molecule has 1 amide bonds. The summed E-state index contributed by atoms with van der Waals surface area (Å²) in [7, 11) is 2.98. The average Bonchev–Trinajstić information content (AvgIpc) is 2.69. The number of methoxy groups -OCH3 is 2. The highest BCUT2D eigenvalue weighted by Crippen LogP contribution is 2.29. The first-order chi connectivity index (χ1) is 13.1. The maximum atomic E-state index is 13.6. The van der Waals surface area contributed by atoms with E-state index < -0.39 is 5.91 Å². The molecule has 0 fully saturated rings. The van der Waals surface area contributed by atoms with E-state index in [1.807, 2.05) is 6.07 Å². The second-order valence-electron chi connectivity index (χ2n) is 5.49. The number of nitrogens with zero attached hydrogens (tertiary/aromatic N) is 1. The van der Waals surface area contributed by atoms with Gasteiger partial charge in [-0.3, -0.25) is 4.79 Å². The predicted molar refractivity (Wildman–Crippen MR) is 100.0 cm³/mol. The van der Waals surface area contributed by atoms with Crippen molar-refractivity contribution in [3.8, 4) is 17.6 Å². The van der Waals surface area contributed by atoms with Gasteiger partial charge in [0.05, 0.1) is 19.9 Å². The summed E-state index contributed by atoms with van der Waals surface area (Å²) in [4.78, 5) is 12.3. The fourth-order valence-electron chi connectivity index (χ4n) is 2.33. The zero-order valence-electron chi connectivity index (χ0n) is 15.1. The molecule has 0 radical (unpaired) electrons. The second-order valence-corrected chi connectivity index (χ2v) is 5.49. The highest BCUT2D eigenvalue weighted by atomic mass is 19.1. The molecule has 0 spiro atoms. The molecule has 0 atom stereocenters. The first-order valence-corrected chi connectivity index (χ1v) is 8.19. The Hall–Kier alpha value is -3.53. The molecule has 7 heteroatoms. The van der Waals surface area contributed by atoms with Crippen LogP contribution in [0.3, 0.4) is 0 Å². The van der Waals surface area contributed by atoms with Crippen molar-refractivity contribution < 1.29 is 18.7 Å². The molecule has 0 aliphatic carbocycles. The number of ether oxygens (including phenoxy) is 2. The fourth-order valence-corrected chi connectivity index (χ4v) is 2.33. The van der Waals surface area contributed by atoms with Crippen molar-refractivity contribution in [2.75, 3.05) is 26.1 Å². The Labute approximate surface area is 157 Å². The van der Waals surface area contributed by atoms with E-state index >= 15 is 0 Å². The van der Waals surface area contributed by atoms with Gasteiger partial charge in [0.2, 0.25) is 0 Å². The highest BCUT2D eigenvalue weighted by molar-refractivity contribution is 6.07. The van der Waals surface area contributed by atoms with Gasteiger partial charge in [-0.2, -0.15) is 5.26 Å². The van der Waals surface area contributed by atoms with E-state index in [1.54, 1.807) is 36.4 Å². The highest BCUT2D eigenvalue weighted by Gasteiger charge is 2.13. The minimum Gasteiger partial charge on any atom is -0.497 e. The number of anilines is 1. The van der Waals surface area contributed by atoms with Crippen LogP contribution in [0.15, 0.2) is 54.2 Å². The Kier molecular flexibility index (Phi) is 7.20.